The molecule has 0 spiro atoms. The van der Waals surface area contributed by atoms with Crippen molar-refractivity contribution in [3.63, 3.8) is 0 Å². The van der Waals surface area contributed by atoms with E-state index in [-0.39, 0.29) is 24.4 Å². The van der Waals surface area contributed by atoms with Gasteiger partial charge >= 0.3 is 5.97 Å². The summed E-state index contributed by atoms with van der Waals surface area (Å²) in [5.41, 5.74) is 1.84. The fourth-order valence-corrected chi connectivity index (χ4v) is 3.18. The highest BCUT2D eigenvalue weighted by molar-refractivity contribution is 5.88. The maximum Gasteiger partial charge on any atom is 0.310 e. The summed E-state index contributed by atoms with van der Waals surface area (Å²) in [6, 6.07) is 7.97. The third kappa shape index (κ3) is 3.31. The molecule has 2 atom stereocenters. The van der Waals surface area contributed by atoms with E-state index in [0.717, 1.165) is 47.9 Å². The number of carbonyl (C=O) groups excluding carboxylic acids is 1. The molecule has 5 nitrogen and oxygen atoms in total. The highest BCUT2D eigenvalue weighted by Gasteiger charge is 2.28. The van der Waals surface area contributed by atoms with Gasteiger partial charge in [0, 0.05) is 17.1 Å². The number of benzene rings is 1. The Hall–Kier alpha value is -2.48. The van der Waals surface area contributed by atoms with Crippen molar-refractivity contribution in [1.29, 1.82) is 5.26 Å². The summed E-state index contributed by atoms with van der Waals surface area (Å²) < 4.78 is 10.8. The summed E-state index contributed by atoms with van der Waals surface area (Å²) in [5.74, 6) is 0.306. The lowest BCUT2D eigenvalue weighted by atomic mass is 9.87. The van der Waals surface area contributed by atoms with Gasteiger partial charge in [-0.2, -0.15) is 5.26 Å². The van der Waals surface area contributed by atoms with Gasteiger partial charge in [0.25, 0.3) is 0 Å². The molecule has 1 fully saturated rings. The quantitative estimate of drug-likeness (QED) is 0.879. The Balaban J connectivity index is 1.71. The number of esters is 1. The van der Waals surface area contributed by atoms with E-state index in [1.165, 1.54) is 0 Å². The summed E-state index contributed by atoms with van der Waals surface area (Å²) in [5, 5.41) is 10.1. The molecule has 5 heteroatoms. The minimum Gasteiger partial charge on any atom is -0.497 e. The number of carbonyl (C=O) groups is 1. The monoisotopic (exact) mass is 312 g/mol. The van der Waals surface area contributed by atoms with E-state index in [9.17, 15) is 4.79 Å². The molecule has 2 aromatic rings. The first-order chi connectivity index (χ1) is 11.2. The Kier molecular flexibility index (Phi) is 4.52. The summed E-state index contributed by atoms with van der Waals surface area (Å²) in [4.78, 5) is 15.4. The highest BCUT2D eigenvalue weighted by atomic mass is 16.5. The molecule has 3 rings (SSSR count). The Morgan fingerprint density at radius 2 is 2.22 bits per heavy atom. The molecule has 0 aliphatic heterocycles. The van der Waals surface area contributed by atoms with Gasteiger partial charge in [-0.3, -0.25) is 4.79 Å². The Morgan fingerprint density at radius 1 is 1.39 bits per heavy atom. The number of hydrogen-bond donors (Lipinski definition) is 1. The van der Waals surface area contributed by atoms with Crippen LogP contribution < -0.4 is 4.74 Å². The van der Waals surface area contributed by atoms with Gasteiger partial charge in [-0.15, -0.1) is 0 Å². The van der Waals surface area contributed by atoms with Crippen LogP contribution in [-0.2, 0) is 16.0 Å². The zero-order chi connectivity index (χ0) is 16.2. The normalized spacial score (nSPS) is 20.9. The average Bonchev–Trinajstić information content (AvgIpc) is 2.97. The Bertz CT molecular complexity index is 744. The molecule has 1 aliphatic rings. The van der Waals surface area contributed by atoms with Crippen LogP contribution in [0.15, 0.2) is 24.4 Å². The molecule has 1 aromatic carbocycles. The molecule has 1 aliphatic carbocycles. The fraction of sp³-hybridized carbons (Fsp3) is 0.444. The first-order valence-corrected chi connectivity index (χ1v) is 7.94. The molecule has 0 radical (unpaired) electrons. The van der Waals surface area contributed by atoms with Crippen molar-refractivity contribution < 1.29 is 14.3 Å². The van der Waals surface area contributed by atoms with Crippen LogP contribution in [0.3, 0.4) is 0 Å². The molecule has 0 bridgehead atoms. The lowest BCUT2D eigenvalue weighted by Gasteiger charge is -2.26. The number of H-pyrrole nitrogens is 1. The number of hydrogen-bond acceptors (Lipinski definition) is 4. The first-order valence-electron chi connectivity index (χ1n) is 7.94. The van der Waals surface area contributed by atoms with Crippen molar-refractivity contribution in [2.45, 2.75) is 38.2 Å². The Labute approximate surface area is 135 Å². The van der Waals surface area contributed by atoms with Crippen LogP contribution >= 0.6 is 0 Å². The number of nitrogens with zero attached hydrogens (tertiary/aromatic N) is 1. The van der Waals surface area contributed by atoms with Crippen molar-refractivity contribution in [1.82, 2.24) is 4.98 Å². The number of nitriles is 1. The molecular formula is C18H20N2O3. The predicted octanol–water partition coefficient (Wildman–Crippen LogP) is 3.34. The van der Waals surface area contributed by atoms with Gasteiger partial charge in [0.15, 0.2) is 0 Å². The van der Waals surface area contributed by atoms with Gasteiger partial charge in [0.2, 0.25) is 0 Å². The van der Waals surface area contributed by atoms with Crippen LogP contribution in [0.4, 0.5) is 0 Å². The average molecular weight is 312 g/mol. The maximum atomic E-state index is 12.3. The molecule has 0 amide bonds. The van der Waals surface area contributed by atoms with Gasteiger partial charge < -0.3 is 14.5 Å². The van der Waals surface area contributed by atoms with Gasteiger partial charge in [0.1, 0.15) is 11.9 Å². The van der Waals surface area contributed by atoms with Gasteiger partial charge in [0.05, 0.1) is 25.5 Å². The molecule has 0 saturated heterocycles. The number of rotatable bonds is 4. The zero-order valence-electron chi connectivity index (χ0n) is 13.2. The summed E-state index contributed by atoms with van der Waals surface area (Å²) in [6.45, 7) is 0. The summed E-state index contributed by atoms with van der Waals surface area (Å²) >= 11 is 0. The highest BCUT2D eigenvalue weighted by Crippen LogP contribution is 2.28. The van der Waals surface area contributed by atoms with Crippen LogP contribution in [-0.4, -0.2) is 24.2 Å². The lowest BCUT2D eigenvalue weighted by molar-refractivity contribution is -0.151. The third-order valence-electron chi connectivity index (χ3n) is 4.46. The molecule has 1 saturated carbocycles. The molecular weight excluding hydrogens is 292 g/mol. The van der Waals surface area contributed by atoms with Gasteiger partial charge in [-0.25, -0.2) is 0 Å². The lowest BCUT2D eigenvalue weighted by Crippen LogP contribution is -2.29. The SMILES string of the molecule is COc1ccc2[nH]cc(CC(=O)O[C@@H]3CCCC[C@@H]3C#N)c2c1. The number of aromatic amines is 1. The van der Waals surface area contributed by atoms with Gasteiger partial charge in [-0.1, -0.05) is 6.42 Å². The van der Waals surface area contributed by atoms with Crippen LogP contribution in [0.2, 0.25) is 0 Å². The fourth-order valence-electron chi connectivity index (χ4n) is 3.18. The van der Waals surface area contributed by atoms with Crippen molar-refractivity contribution >= 4 is 16.9 Å². The van der Waals surface area contributed by atoms with Crippen molar-refractivity contribution in [3.05, 3.63) is 30.0 Å². The van der Waals surface area contributed by atoms with E-state index < -0.39 is 0 Å². The topological polar surface area (TPSA) is 75.1 Å². The van der Waals surface area contributed by atoms with Crippen LogP contribution in [0.25, 0.3) is 10.9 Å². The summed E-state index contributed by atoms with van der Waals surface area (Å²) in [7, 11) is 1.62. The number of methoxy groups -OCH3 is 1. The molecule has 0 unspecified atom stereocenters. The maximum absolute atomic E-state index is 12.3. The second-order valence-electron chi connectivity index (χ2n) is 5.95. The second-order valence-corrected chi connectivity index (χ2v) is 5.95. The van der Waals surface area contributed by atoms with Crippen LogP contribution in [0, 0.1) is 17.2 Å². The Morgan fingerprint density at radius 3 is 3.00 bits per heavy atom. The van der Waals surface area contributed by atoms with Crippen LogP contribution in [0.5, 0.6) is 5.75 Å². The standard InChI is InChI=1S/C18H20N2O3/c1-22-14-6-7-16-15(9-14)13(11-20-16)8-18(21)23-17-5-3-2-4-12(17)10-19/h6-7,9,11-12,17,20H,2-5,8H2,1H3/t12-,17-/m1/s1. The number of aromatic nitrogens is 1. The minimum atomic E-state index is -0.277. The van der Waals surface area contributed by atoms with E-state index in [2.05, 4.69) is 11.1 Å². The largest absolute Gasteiger partial charge is 0.497 e. The van der Waals surface area contributed by atoms with Gasteiger partial charge in [-0.05, 0) is 43.0 Å². The van der Waals surface area contributed by atoms with E-state index in [1.807, 2.05) is 24.4 Å². The molecule has 1 aromatic heterocycles. The molecule has 1 N–H and O–H groups in total. The number of fused-ring (bicyclic) bond motifs is 1. The van der Waals surface area contributed by atoms with Crippen molar-refractivity contribution in [2.24, 2.45) is 5.92 Å². The molecule has 120 valence electrons. The molecule has 1 heterocycles. The minimum absolute atomic E-state index is 0.171. The summed E-state index contributed by atoms with van der Waals surface area (Å²) in [6.07, 6.45) is 5.41. The number of nitrogens with one attached hydrogen (secondary N) is 1. The predicted molar refractivity (Wildman–Crippen MR) is 86.0 cm³/mol. The second kappa shape index (κ2) is 6.74. The van der Waals surface area contributed by atoms with E-state index >= 15 is 0 Å². The van der Waals surface area contributed by atoms with Crippen molar-refractivity contribution in [3.8, 4) is 11.8 Å². The van der Waals surface area contributed by atoms with E-state index in [0.29, 0.717) is 0 Å². The van der Waals surface area contributed by atoms with Crippen molar-refractivity contribution in [2.75, 3.05) is 7.11 Å². The zero-order valence-corrected chi connectivity index (χ0v) is 13.2. The first kappa shape index (κ1) is 15.4. The molecule has 23 heavy (non-hydrogen) atoms. The smallest absolute Gasteiger partial charge is 0.310 e. The van der Waals surface area contributed by atoms with E-state index in [4.69, 9.17) is 14.7 Å². The third-order valence-corrected chi connectivity index (χ3v) is 4.46. The number of ether oxygens (including phenoxy) is 2. The van der Waals surface area contributed by atoms with E-state index in [1.54, 1.807) is 7.11 Å². The van der Waals surface area contributed by atoms with Crippen LogP contribution in [0.1, 0.15) is 31.2 Å².